The third kappa shape index (κ3) is 4.09. The lowest BCUT2D eigenvalue weighted by Gasteiger charge is -2.18. The highest BCUT2D eigenvalue weighted by molar-refractivity contribution is 9.10. The number of benzene rings is 1. The minimum absolute atomic E-state index is 0.213. The van der Waals surface area contributed by atoms with Gasteiger partial charge >= 0.3 is 0 Å². The molecule has 4 nitrogen and oxygen atoms in total. The Morgan fingerprint density at radius 3 is 2.19 bits per heavy atom. The van der Waals surface area contributed by atoms with Gasteiger partial charge in [0, 0.05) is 34.7 Å². The van der Waals surface area contributed by atoms with Gasteiger partial charge in [0.2, 0.25) is 0 Å². The van der Waals surface area contributed by atoms with Gasteiger partial charge in [0.25, 0.3) is 5.91 Å². The summed E-state index contributed by atoms with van der Waals surface area (Å²) in [7, 11) is 1.91. The fourth-order valence-corrected chi connectivity index (χ4v) is 3.83. The molecule has 26 heavy (non-hydrogen) atoms. The lowest BCUT2D eigenvalue weighted by atomic mass is 10.0. The van der Waals surface area contributed by atoms with Crippen molar-refractivity contribution in [2.45, 2.75) is 53.4 Å². The van der Waals surface area contributed by atoms with E-state index in [0.717, 1.165) is 51.9 Å². The first-order valence-corrected chi connectivity index (χ1v) is 9.95. The molecule has 0 unspecified atom stereocenters. The summed E-state index contributed by atoms with van der Waals surface area (Å²) >= 11 is 3.54. The quantitative estimate of drug-likeness (QED) is 0.732. The minimum Gasteiger partial charge on any atom is -0.351 e. The van der Waals surface area contributed by atoms with Gasteiger partial charge in [-0.3, -0.25) is 9.59 Å². The molecule has 0 atom stereocenters. The van der Waals surface area contributed by atoms with E-state index in [0.29, 0.717) is 6.42 Å². The van der Waals surface area contributed by atoms with Crippen LogP contribution in [0.2, 0.25) is 0 Å². The molecule has 2 rings (SSSR count). The summed E-state index contributed by atoms with van der Waals surface area (Å²) in [6.07, 6.45) is 3.17. The van der Waals surface area contributed by atoms with E-state index < -0.39 is 0 Å². The van der Waals surface area contributed by atoms with Gasteiger partial charge in [-0.05, 0) is 49.4 Å². The molecule has 140 valence electrons. The lowest BCUT2D eigenvalue weighted by Crippen LogP contribution is -2.28. The Labute approximate surface area is 163 Å². The van der Waals surface area contributed by atoms with Gasteiger partial charge in [-0.15, -0.1) is 0 Å². The predicted molar refractivity (Wildman–Crippen MR) is 111 cm³/mol. The molecule has 0 spiro atoms. The van der Waals surface area contributed by atoms with Gasteiger partial charge in [-0.25, -0.2) is 0 Å². The van der Waals surface area contributed by atoms with Gasteiger partial charge in [0.05, 0.1) is 0 Å². The first kappa shape index (κ1) is 20.4. The van der Waals surface area contributed by atoms with E-state index in [1.807, 2.05) is 37.6 Å². The maximum atomic E-state index is 13.1. The third-order valence-electron chi connectivity index (χ3n) is 4.79. The Morgan fingerprint density at radius 2 is 1.69 bits per heavy atom. The number of nitrogens with one attached hydrogen (secondary N) is 1. The van der Waals surface area contributed by atoms with Crippen molar-refractivity contribution < 1.29 is 4.79 Å². The first-order chi connectivity index (χ1) is 12.3. The topological polar surface area (TPSA) is 51.1 Å². The smallest absolute Gasteiger partial charge is 0.261 e. The van der Waals surface area contributed by atoms with E-state index in [1.165, 1.54) is 6.07 Å². The molecular weight excluding hydrogens is 392 g/mol. The zero-order chi connectivity index (χ0) is 19.4. The molecule has 1 aromatic carbocycles. The fraction of sp³-hybridized carbons (Fsp3) is 0.429. The number of hydrogen-bond donors (Lipinski definition) is 1. The molecule has 0 bridgehead atoms. The summed E-state index contributed by atoms with van der Waals surface area (Å²) in [5.41, 5.74) is 4.65. The molecule has 0 fully saturated rings. The molecule has 0 radical (unpaired) electrons. The highest BCUT2D eigenvalue weighted by atomic mass is 79.9. The second kappa shape index (κ2) is 8.67. The van der Waals surface area contributed by atoms with Crippen molar-refractivity contribution in [1.29, 1.82) is 0 Å². The predicted octanol–water partition coefficient (Wildman–Crippen LogP) is 4.79. The minimum atomic E-state index is -0.319. The van der Waals surface area contributed by atoms with Crippen LogP contribution in [0.15, 0.2) is 27.5 Å². The van der Waals surface area contributed by atoms with Crippen molar-refractivity contribution in [2.24, 2.45) is 7.05 Å². The first-order valence-electron chi connectivity index (χ1n) is 9.16. The molecular formula is C21H27BrN2O2. The Morgan fingerprint density at radius 1 is 1.12 bits per heavy atom. The van der Waals surface area contributed by atoms with Gasteiger partial charge < -0.3 is 9.88 Å². The summed E-state index contributed by atoms with van der Waals surface area (Å²) in [5.74, 6) is -0.319. The van der Waals surface area contributed by atoms with Crippen molar-refractivity contribution in [1.82, 2.24) is 4.57 Å². The highest BCUT2D eigenvalue weighted by Crippen LogP contribution is 2.28. The monoisotopic (exact) mass is 418 g/mol. The van der Waals surface area contributed by atoms with Gasteiger partial charge in [-0.1, -0.05) is 43.1 Å². The number of amides is 1. The summed E-state index contributed by atoms with van der Waals surface area (Å²) < 4.78 is 2.95. The van der Waals surface area contributed by atoms with Crippen LogP contribution in [0.4, 0.5) is 5.69 Å². The van der Waals surface area contributed by atoms with Gasteiger partial charge in [0.1, 0.15) is 5.56 Å². The molecule has 0 saturated heterocycles. The van der Waals surface area contributed by atoms with Crippen molar-refractivity contribution in [3.63, 3.8) is 0 Å². The number of halogens is 1. The molecule has 0 aliphatic heterocycles. The largest absolute Gasteiger partial charge is 0.351 e. The number of pyridine rings is 1. The third-order valence-corrected chi connectivity index (χ3v) is 5.25. The average molecular weight is 419 g/mol. The molecule has 1 heterocycles. The Bertz CT molecular complexity index is 859. The Kier molecular flexibility index (Phi) is 6.81. The second-order valence-electron chi connectivity index (χ2n) is 6.54. The normalized spacial score (nSPS) is 10.8. The average Bonchev–Trinajstić information content (AvgIpc) is 2.60. The number of carbonyl (C=O) groups excluding carboxylic acids is 1. The molecule has 2 aromatic rings. The maximum Gasteiger partial charge on any atom is 0.261 e. The molecule has 5 heteroatoms. The molecule has 0 aliphatic carbocycles. The van der Waals surface area contributed by atoms with Gasteiger partial charge in [-0.2, -0.15) is 0 Å². The Hall–Kier alpha value is -1.88. The van der Waals surface area contributed by atoms with Crippen LogP contribution < -0.4 is 10.7 Å². The number of aryl methyl sites for hydroxylation is 3. The van der Waals surface area contributed by atoms with Crippen LogP contribution in [0.3, 0.4) is 0 Å². The van der Waals surface area contributed by atoms with Crippen LogP contribution in [0.5, 0.6) is 0 Å². The van der Waals surface area contributed by atoms with Crippen LogP contribution in [-0.4, -0.2) is 10.5 Å². The molecule has 1 aromatic heterocycles. The highest BCUT2D eigenvalue weighted by Gasteiger charge is 2.20. The standard InChI is InChI=1S/C21H27BrN2O2/c1-6-9-17-19(18(25)10-13(4)24(17)5)21(26)23-20-14(7-2)11-16(22)12-15(20)8-3/h10-12H,6-9H2,1-5H3,(H,23,26). The van der Waals surface area contributed by atoms with Crippen molar-refractivity contribution in [3.05, 3.63) is 61.0 Å². The van der Waals surface area contributed by atoms with E-state index >= 15 is 0 Å². The number of anilines is 1. The molecule has 0 saturated carbocycles. The van der Waals surface area contributed by atoms with E-state index in [1.54, 1.807) is 0 Å². The van der Waals surface area contributed by atoms with Gasteiger partial charge in [0.15, 0.2) is 5.43 Å². The second-order valence-corrected chi connectivity index (χ2v) is 7.46. The number of rotatable bonds is 6. The zero-order valence-corrected chi connectivity index (χ0v) is 17.8. The van der Waals surface area contributed by atoms with Crippen LogP contribution in [0, 0.1) is 6.92 Å². The molecule has 1 amide bonds. The van der Waals surface area contributed by atoms with Crippen molar-refractivity contribution in [3.8, 4) is 0 Å². The van der Waals surface area contributed by atoms with E-state index in [4.69, 9.17) is 0 Å². The summed E-state index contributed by atoms with van der Waals surface area (Å²) in [6.45, 7) is 8.06. The SMILES string of the molecule is CCCc1c(C(=O)Nc2c(CC)cc(Br)cc2CC)c(=O)cc(C)n1C. The number of hydrogen-bond acceptors (Lipinski definition) is 2. The van der Waals surface area contributed by atoms with E-state index in [-0.39, 0.29) is 16.9 Å². The number of aromatic nitrogens is 1. The molecule has 0 aliphatic rings. The van der Waals surface area contributed by atoms with Crippen LogP contribution >= 0.6 is 15.9 Å². The summed E-state index contributed by atoms with van der Waals surface area (Å²) in [6, 6.07) is 5.58. The zero-order valence-electron chi connectivity index (χ0n) is 16.2. The van der Waals surface area contributed by atoms with Crippen LogP contribution in [0.25, 0.3) is 0 Å². The summed E-state index contributed by atoms with van der Waals surface area (Å²) in [5, 5.41) is 3.04. The molecule has 1 N–H and O–H groups in total. The van der Waals surface area contributed by atoms with Crippen LogP contribution in [0.1, 0.15) is 60.1 Å². The van der Waals surface area contributed by atoms with E-state index in [9.17, 15) is 9.59 Å². The number of nitrogens with zero attached hydrogens (tertiary/aromatic N) is 1. The number of carbonyl (C=O) groups is 1. The fourth-order valence-electron chi connectivity index (χ4n) is 3.27. The maximum absolute atomic E-state index is 13.1. The lowest BCUT2D eigenvalue weighted by molar-refractivity contribution is 0.102. The van der Waals surface area contributed by atoms with Crippen molar-refractivity contribution in [2.75, 3.05) is 5.32 Å². The van der Waals surface area contributed by atoms with Crippen LogP contribution in [-0.2, 0) is 26.3 Å². The van der Waals surface area contributed by atoms with Crippen molar-refractivity contribution >= 4 is 27.5 Å². The van der Waals surface area contributed by atoms with E-state index in [2.05, 4.69) is 35.1 Å². The summed E-state index contributed by atoms with van der Waals surface area (Å²) in [4.78, 5) is 25.7. The Balaban J connectivity index is 2.56.